The van der Waals surface area contributed by atoms with Crippen molar-refractivity contribution in [3.63, 3.8) is 0 Å². The van der Waals surface area contributed by atoms with E-state index in [1.165, 1.54) is 32.4 Å². The molecule has 3 aromatic rings. The minimum Gasteiger partial charge on any atom is -0.489 e. The summed E-state index contributed by atoms with van der Waals surface area (Å²) < 4.78 is 12.9. The molecule has 1 fully saturated rings. The lowest BCUT2D eigenvalue weighted by Crippen LogP contribution is -2.13. The van der Waals surface area contributed by atoms with Gasteiger partial charge in [0.25, 0.3) is 0 Å². The molecule has 0 saturated heterocycles. The molecule has 1 aliphatic rings. The average Bonchev–Trinajstić information content (AvgIpc) is 3.27. The van der Waals surface area contributed by atoms with Crippen LogP contribution >= 0.6 is 0 Å². The van der Waals surface area contributed by atoms with Gasteiger partial charge in [-0.2, -0.15) is 0 Å². The second kappa shape index (κ2) is 10.1. The van der Waals surface area contributed by atoms with Crippen molar-refractivity contribution in [3.05, 3.63) is 78.1 Å². The van der Waals surface area contributed by atoms with Gasteiger partial charge in [-0.25, -0.2) is 9.78 Å². The molecule has 0 unspecified atom stereocenters. The lowest BCUT2D eigenvalue weighted by molar-refractivity contribution is -0.134. The molecule has 0 spiro atoms. The quantitative estimate of drug-likeness (QED) is 0.360. The highest BCUT2D eigenvalue weighted by Gasteiger charge is 2.20. The normalized spacial score (nSPS) is 14.6. The number of hydrogen-bond donors (Lipinski definition) is 0. The Bertz CT molecular complexity index is 1020. The highest BCUT2D eigenvalue weighted by atomic mass is 16.5. The molecule has 4 rings (SSSR count). The number of aromatic nitrogens is 2. The van der Waals surface area contributed by atoms with Crippen LogP contribution in [0.4, 0.5) is 0 Å². The van der Waals surface area contributed by atoms with Crippen molar-refractivity contribution >= 4 is 12.0 Å². The zero-order valence-electron chi connectivity index (χ0n) is 17.9. The third kappa shape index (κ3) is 5.43. The molecule has 5 nitrogen and oxygen atoms in total. The summed E-state index contributed by atoms with van der Waals surface area (Å²) in [5, 5.41) is 0. The van der Waals surface area contributed by atoms with E-state index < -0.39 is 0 Å². The Kier molecular flexibility index (Phi) is 6.82. The highest BCUT2D eigenvalue weighted by Crippen LogP contribution is 2.33. The van der Waals surface area contributed by atoms with Crippen molar-refractivity contribution in [3.8, 4) is 17.1 Å². The van der Waals surface area contributed by atoms with Crippen LogP contribution < -0.4 is 4.74 Å². The molecule has 0 amide bonds. The third-order valence-corrected chi connectivity index (χ3v) is 5.67. The number of carbonyl (C=O) groups is 1. The number of rotatable bonds is 7. The number of benzene rings is 2. The van der Waals surface area contributed by atoms with Crippen molar-refractivity contribution in [2.45, 2.75) is 44.8 Å². The van der Waals surface area contributed by atoms with E-state index in [2.05, 4.69) is 28.8 Å². The number of methoxy groups -OCH3 is 1. The standard InChI is InChI=1S/C26H28N2O3/c1-30-25(29)17-14-22-18-28(23-10-6-3-7-11-23)26(27-22)21-12-15-24(16-13-21)31-19-20-8-4-2-5-9-20/h2,4-5,8-9,12-18,23H,3,6-7,10-11,19H2,1H3. The van der Waals surface area contributed by atoms with Crippen LogP contribution in [0.5, 0.6) is 5.75 Å². The largest absolute Gasteiger partial charge is 0.489 e. The maximum atomic E-state index is 11.5. The maximum absolute atomic E-state index is 11.5. The molecule has 0 bridgehead atoms. The smallest absolute Gasteiger partial charge is 0.330 e. The number of carbonyl (C=O) groups excluding carboxylic acids is 1. The van der Waals surface area contributed by atoms with Crippen LogP contribution in [0.1, 0.15) is 49.4 Å². The van der Waals surface area contributed by atoms with Crippen LogP contribution in [0, 0.1) is 0 Å². The predicted molar refractivity (Wildman–Crippen MR) is 122 cm³/mol. The van der Waals surface area contributed by atoms with Gasteiger partial charge in [0.2, 0.25) is 0 Å². The zero-order chi connectivity index (χ0) is 21.5. The lowest BCUT2D eigenvalue weighted by Gasteiger charge is -2.24. The summed E-state index contributed by atoms with van der Waals surface area (Å²) in [5.41, 5.74) is 2.94. The molecule has 0 aliphatic heterocycles. The first-order valence-electron chi connectivity index (χ1n) is 10.8. The Balaban J connectivity index is 1.55. The summed E-state index contributed by atoms with van der Waals surface area (Å²) in [5.74, 6) is 1.37. The van der Waals surface area contributed by atoms with Crippen molar-refractivity contribution in [2.75, 3.05) is 7.11 Å². The number of nitrogens with zero attached hydrogens (tertiary/aromatic N) is 2. The Labute approximate surface area is 183 Å². The monoisotopic (exact) mass is 416 g/mol. The fourth-order valence-corrected chi connectivity index (χ4v) is 4.01. The molecule has 5 heteroatoms. The first-order valence-corrected chi connectivity index (χ1v) is 10.8. The second-order valence-corrected chi connectivity index (χ2v) is 7.84. The molecule has 0 N–H and O–H groups in total. The van der Waals surface area contributed by atoms with Gasteiger partial charge in [0.05, 0.1) is 12.8 Å². The van der Waals surface area contributed by atoms with Crippen LogP contribution in [0.15, 0.2) is 66.9 Å². The molecule has 1 saturated carbocycles. The van der Waals surface area contributed by atoms with Crippen LogP contribution in [0.2, 0.25) is 0 Å². The first kappa shape index (κ1) is 20.9. The van der Waals surface area contributed by atoms with E-state index in [0.29, 0.717) is 12.6 Å². The average molecular weight is 417 g/mol. The number of ether oxygens (including phenoxy) is 2. The van der Waals surface area contributed by atoms with Gasteiger partial charge in [0.1, 0.15) is 18.2 Å². The van der Waals surface area contributed by atoms with Crippen LogP contribution in [0.3, 0.4) is 0 Å². The molecule has 160 valence electrons. The predicted octanol–water partition coefficient (Wildman–Crippen LogP) is 5.82. The molecule has 2 aromatic carbocycles. The summed E-state index contributed by atoms with van der Waals surface area (Å²) in [6.07, 6.45) is 11.3. The fourth-order valence-electron chi connectivity index (χ4n) is 4.01. The molecular weight excluding hydrogens is 388 g/mol. The van der Waals surface area contributed by atoms with E-state index in [1.807, 2.05) is 36.5 Å². The van der Waals surface area contributed by atoms with Crippen molar-refractivity contribution in [1.82, 2.24) is 9.55 Å². The lowest BCUT2D eigenvalue weighted by atomic mass is 9.95. The van der Waals surface area contributed by atoms with Crippen molar-refractivity contribution in [1.29, 1.82) is 0 Å². The van der Waals surface area contributed by atoms with Crippen LogP contribution in [-0.4, -0.2) is 22.6 Å². The van der Waals surface area contributed by atoms with Gasteiger partial charge in [0, 0.05) is 23.9 Å². The molecule has 1 aromatic heterocycles. The van der Waals surface area contributed by atoms with E-state index in [1.54, 1.807) is 6.08 Å². The van der Waals surface area contributed by atoms with Gasteiger partial charge >= 0.3 is 5.97 Å². The van der Waals surface area contributed by atoms with Crippen molar-refractivity contribution in [2.24, 2.45) is 0 Å². The summed E-state index contributed by atoms with van der Waals surface area (Å²) in [7, 11) is 1.38. The fraction of sp³-hybridized carbons (Fsp3) is 0.308. The topological polar surface area (TPSA) is 53.4 Å². The van der Waals surface area contributed by atoms with E-state index >= 15 is 0 Å². The maximum Gasteiger partial charge on any atom is 0.330 e. The SMILES string of the molecule is COC(=O)C=Cc1cn(C2CCCCC2)c(-c2ccc(OCc3ccccc3)cc2)n1. The van der Waals surface area contributed by atoms with Gasteiger partial charge in [-0.05, 0) is 48.7 Å². The van der Waals surface area contributed by atoms with Gasteiger partial charge in [0.15, 0.2) is 0 Å². The molecule has 1 heterocycles. The molecule has 0 radical (unpaired) electrons. The minimum absolute atomic E-state index is 0.381. The summed E-state index contributed by atoms with van der Waals surface area (Å²) in [6, 6.07) is 18.7. The van der Waals surface area contributed by atoms with Gasteiger partial charge in [-0.3, -0.25) is 0 Å². The number of imidazole rings is 1. The highest BCUT2D eigenvalue weighted by molar-refractivity contribution is 5.86. The first-order chi connectivity index (χ1) is 15.2. The molecule has 31 heavy (non-hydrogen) atoms. The Morgan fingerprint density at radius 3 is 2.52 bits per heavy atom. The van der Waals surface area contributed by atoms with Crippen molar-refractivity contribution < 1.29 is 14.3 Å². The summed E-state index contributed by atoms with van der Waals surface area (Å²) in [4.78, 5) is 16.3. The van der Waals surface area contributed by atoms with Gasteiger partial charge in [-0.15, -0.1) is 0 Å². The van der Waals surface area contributed by atoms with Gasteiger partial charge in [-0.1, -0.05) is 49.6 Å². The van der Waals surface area contributed by atoms with E-state index in [0.717, 1.165) is 41.2 Å². The Hall–Kier alpha value is -3.34. The second-order valence-electron chi connectivity index (χ2n) is 7.84. The minimum atomic E-state index is -0.381. The van der Waals surface area contributed by atoms with Crippen LogP contribution in [-0.2, 0) is 16.1 Å². The molecule has 1 aliphatic carbocycles. The van der Waals surface area contributed by atoms with Gasteiger partial charge < -0.3 is 14.0 Å². The van der Waals surface area contributed by atoms with E-state index in [4.69, 9.17) is 14.5 Å². The third-order valence-electron chi connectivity index (χ3n) is 5.67. The summed E-state index contributed by atoms with van der Waals surface area (Å²) in [6.45, 7) is 0.541. The Morgan fingerprint density at radius 1 is 1.06 bits per heavy atom. The number of hydrogen-bond acceptors (Lipinski definition) is 4. The Morgan fingerprint density at radius 2 is 1.81 bits per heavy atom. The van der Waals surface area contributed by atoms with E-state index in [9.17, 15) is 4.79 Å². The summed E-state index contributed by atoms with van der Waals surface area (Å²) >= 11 is 0. The molecule has 0 atom stereocenters. The van der Waals surface area contributed by atoms with E-state index in [-0.39, 0.29) is 5.97 Å². The molecular formula is C26H28N2O3. The number of esters is 1. The van der Waals surface area contributed by atoms with Crippen LogP contribution in [0.25, 0.3) is 17.5 Å². The zero-order valence-corrected chi connectivity index (χ0v) is 17.9.